The Labute approximate surface area is 124 Å². The summed E-state index contributed by atoms with van der Waals surface area (Å²) in [5.41, 5.74) is 0. The number of nitrogens with zero attached hydrogens (tertiary/aromatic N) is 1. The van der Waals surface area contributed by atoms with E-state index < -0.39 is 0 Å². The predicted molar refractivity (Wildman–Crippen MR) is 84.2 cm³/mol. The summed E-state index contributed by atoms with van der Waals surface area (Å²) >= 11 is 1.87. The molecule has 3 heteroatoms. The van der Waals surface area contributed by atoms with Gasteiger partial charge in [0, 0.05) is 21.7 Å². The summed E-state index contributed by atoms with van der Waals surface area (Å²) in [6.45, 7) is 0.785. The molecule has 1 aromatic heterocycles. The molecule has 1 aromatic carbocycles. The van der Waals surface area contributed by atoms with Crippen molar-refractivity contribution in [3.8, 4) is 0 Å². The highest BCUT2D eigenvalue weighted by atomic mass is 32.1. The van der Waals surface area contributed by atoms with Crippen LogP contribution in [0.4, 0.5) is 0 Å². The summed E-state index contributed by atoms with van der Waals surface area (Å²) in [5, 5.41) is 1.35. The van der Waals surface area contributed by atoms with Crippen LogP contribution in [0, 0.1) is 0 Å². The normalized spacial score (nSPS) is 30.1. The Bertz CT molecular complexity index is 561. The van der Waals surface area contributed by atoms with E-state index in [2.05, 4.69) is 42.3 Å². The monoisotopic (exact) mass is 287 g/mol. The first-order valence-corrected chi connectivity index (χ1v) is 8.42. The van der Waals surface area contributed by atoms with Gasteiger partial charge in [-0.15, -0.1) is 11.3 Å². The fourth-order valence-corrected chi connectivity index (χ4v) is 4.79. The SMILES string of the molecule is CN1[C@@H]2CC[C@H]1CC(OCc1cc3ccccc3s1)C2. The highest BCUT2D eigenvalue weighted by molar-refractivity contribution is 7.19. The number of benzene rings is 1. The van der Waals surface area contributed by atoms with Crippen LogP contribution in [0.5, 0.6) is 0 Å². The van der Waals surface area contributed by atoms with Crippen LogP contribution in [0.1, 0.15) is 30.6 Å². The van der Waals surface area contributed by atoms with Gasteiger partial charge in [-0.05, 0) is 50.2 Å². The first-order valence-electron chi connectivity index (χ1n) is 7.60. The maximum atomic E-state index is 6.21. The molecular formula is C17H21NOS. The number of hydrogen-bond donors (Lipinski definition) is 0. The standard InChI is InChI=1S/C17H21NOS/c1-18-13-6-7-14(18)10-15(9-13)19-11-16-8-12-4-2-3-5-17(12)20-16/h2-5,8,13-15H,6-7,9-11H2,1H3/t13-,14+,15?. The predicted octanol–water partition coefficient (Wildman–Crippen LogP) is 4.04. The number of piperidine rings is 1. The molecule has 2 saturated heterocycles. The van der Waals surface area contributed by atoms with E-state index in [4.69, 9.17) is 4.74 Å². The molecule has 0 radical (unpaired) electrons. The molecule has 20 heavy (non-hydrogen) atoms. The quantitative estimate of drug-likeness (QED) is 0.844. The van der Waals surface area contributed by atoms with E-state index >= 15 is 0 Å². The largest absolute Gasteiger partial charge is 0.373 e. The molecule has 3 heterocycles. The molecule has 2 aliphatic rings. The molecule has 0 saturated carbocycles. The van der Waals surface area contributed by atoms with Crippen LogP contribution >= 0.6 is 11.3 Å². The smallest absolute Gasteiger partial charge is 0.0813 e. The van der Waals surface area contributed by atoms with Crippen LogP contribution in [0.15, 0.2) is 30.3 Å². The van der Waals surface area contributed by atoms with Crippen molar-refractivity contribution in [1.29, 1.82) is 0 Å². The summed E-state index contributed by atoms with van der Waals surface area (Å²) in [6.07, 6.45) is 5.64. The maximum Gasteiger partial charge on any atom is 0.0813 e. The zero-order valence-electron chi connectivity index (χ0n) is 11.9. The Morgan fingerprint density at radius 2 is 1.95 bits per heavy atom. The fraction of sp³-hybridized carbons (Fsp3) is 0.529. The third kappa shape index (κ3) is 2.28. The van der Waals surface area contributed by atoms with Crippen LogP contribution in [0.25, 0.3) is 10.1 Å². The summed E-state index contributed by atoms with van der Waals surface area (Å²) < 4.78 is 7.58. The van der Waals surface area contributed by atoms with Gasteiger partial charge in [0.2, 0.25) is 0 Å². The molecule has 1 unspecified atom stereocenters. The van der Waals surface area contributed by atoms with E-state index in [1.54, 1.807) is 0 Å². The number of rotatable bonds is 3. The van der Waals surface area contributed by atoms with Crippen LogP contribution < -0.4 is 0 Å². The van der Waals surface area contributed by atoms with Gasteiger partial charge in [0.1, 0.15) is 0 Å². The van der Waals surface area contributed by atoms with Crippen LogP contribution in [0.2, 0.25) is 0 Å². The third-order valence-corrected chi connectivity index (χ3v) is 6.08. The van der Waals surface area contributed by atoms with E-state index in [0.717, 1.165) is 18.7 Å². The van der Waals surface area contributed by atoms with Gasteiger partial charge in [0.05, 0.1) is 12.7 Å². The van der Waals surface area contributed by atoms with Gasteiger partial charge in [-0.2, -0.15) is 0 Å². The average molecular weight is 287 g/mol. The van der Waals surface area contributed by atoms with Gasteiger partial charge in [-0.3, -0.25) is 0 Å². The highest BCUT2D eigenvalue weighted by Gasteiger charge is 2.38. The number of ether oxygens (including phenoxy) is 1. The first-order chi connectivity index (χ1) is 9.79. The lowest BCUT2D eigenvalue weighted by Crippen LogP contribution is -2.42. The van der Waals surface area contributed by atoms with E-state index in [9.17, 15) is 0 Å². The van der Waals surface area contributed by atoms with Crippen molar-refractivity contribution in [1.82, 2.24) is 4.90 Å². The van der Waals surface area contributed by atoms with Gasteiger partial charge in [0.15, 0.2) is 0 Å². The van der Waals surface area contributed by atoms with Gasteiger partial charge in [-0.25, -0.2) is 0 Å². The van der Waals surface area contributed by atoms with Crippen molar-refractivity contribution in [2.75, 3.05) is 7.05 Å². The summed E-state index contributed by atoms with van der Waals surface area (Å²) in [5.74, 6) is 0. The Balaban J connectivity index is 1.41. The van der Waals surface area contributed by atoms with Gasteiger partial charge >= 0.3 is 0 Å². The zero-order valence-corrected chi connectivity index (χ0v) is 12.7. The molecule has 0 aliphatic carbocycles. The lowest BCUT2D eigenvalue weighted by Gasteiger charge is -2.36. The van der Waals surface area contributed by atoms with E-state index in [-0.39, 0.29) is 0 Å². The van der Waals surface area contributed by atoms with Crippen LogP contribution in [0.3, 0.4) is 0 Å². The minimum absolute atomic E-state index is 0.467. The van der Waals surface area contributed by atoms with E-state index in [0.29, 0.717) is 6.10 Å². The van der Waals surface area contributed by atoms with Crippen molar-refractivity contribution in [3.05, 3.63) is 35.2 Å². The number of hydrogen-bond acceptors (Lipinski definition) is 3. The molecule has 2 aliphatic heterocycles. The maximum absolute atomic E-state index is 6.21. The van der Waals surface area contributed by atoms with Crippen molar-refractivity contribution in [3.63, 3.8) is 0 Å². The van der Waals surface area contributed by atoms with Crippen LogP contribution in [-0.4, -0.2) is 30.1 Å². The molecule has 106 valence electrons. The van der Waals surface area contributed by atoms with Gasteiger partial charge in [0.25, 0.3) is 0 Å². The Hall–Kier alpha value is -0.900. The lowest BCUT2D eigenvalue weighted by atomic mass is 10.0. The Kier molecular flexibility index (Phi) is 3.29. The number of thiophene rings is 1. The minimum atomic E-state index is 0.467. The molecule has 2 nitrogen and oxygen atoms in total. The summed E-state index contributed by atoms with van der Waals surface area (Å²) in [7, 11) is 2.28. The summed E-state index contributed by atoms with van der Waals surface area (Å²) in [4.78, 5) is 3.93. The average Bonchev–Trinajstić information content (AvgIpc) is 2.94. The third-order valence-electron chi connectivity index (χ3n) is 4.99. The summed E-state index contributed by atoms with van der Waals surface area (Å²) in [6, 6.07) is 12.4. The van der Waals surface area contributed by atoms with Crippen LogP contribution in [-0.2, 0) is 11.3 Å². The van der Waals surface area contributed by atoms with Crippen molar-refractivity contribution in [2.24, 2.45) is 0 Å². The van der Waals surface area contributed by atoms with E-state index in [1.165, 1.54) is 40.6 Å². The fourth-order valence-electron chi connectivity index (χ4n) is 3.81. The molecular weight excluding hydrogens is 266 g/mol. The molecule has 4 rings (SSSR count). The van der Waals surface area contributed by atoms with Crippen molar-refractivity contribution >= 4 is 21.4 Å². The highest BCUT2D eigenvalue weighted by Crippen LogP contribution is 2.36. The molecule has 3 atom stereocenters. The molecule has 0 N–H and O–H groups in total. The van der Waals surface area contributed by atoms with Gasteiger partial charge in [-0.1, -0.05) is 18.2 Å². The minimum Gasteiger partial charge on any atom is -0.373 e. The number of fused-ring (bicyclic) bond motifs is 3. The molecule has 2 fully saturated rings. The second kappa shape index (κ2) is 5.14. The second-order valence-electron chi connectivity index (χ2n) is 6.21. The lowest BCUT2D eigenvalue weighted by molar-refractivity contribution is -0.0201. The van der Waals surface area contributed by atoms with E-state index in [1.807, 2.05) is 11.3 Å². The second-order valence-corrected chi connectivity index (χ2v) is 7.37. The molecule has 0 spiro atoms. The Morgan fingerprint density at radius 1 is 1.20 bits per heavy atom. The molecule has 2 aromatic rings. The topological polar surface area (TPSA) is 12.5 Å². The Morgan fingerprint density at radius 3 is 2.70 bits per heavy atom. The zero-order chi connectivity index (χ0) is 13.5. The van der Waals surface area contributed by atoms with Crippen molar-refractivity contribution < 1.29 is 4.74 Å². The van der Waals surface area contributed by atoms with Crippen molar-refractivity contribution in [2.45, 2.75) is 50.5 Å². The first kappa shape index (κ1) is 12.8. The van der Waals surface area contributed by atoms with Gasteiger partial charge < -0.3 is 9.64 Å². The molecule has 2 bridgehead atoms. The molecule has 0 amide bonds.